The molecular weight excluding hydrogens is 444 g/mol. The molecule has 0 aromatic carbocycles. The van der Waals surface area contributed by atoms with E-state index in [4.69, 9.17) is 9.47 Å². The van der Waals surface area contributed by atoms with Gasteiger partial charge >= 0.3 is 5.97 Å². The van der Waals surface area contributed by atoms with Gasteiger partial charge in [0, 0.05) is 6.42 Å². The highest BCUT2D eigenvalue weighted by molar-refractivity contribution is 5.69. The number of esters is 1. The third kappa shape index (κ3) is 16.6. The second-order valence-electron chi connectivity index (χ2n) is 10.5. The number of rotatable bonds is 24. The van der Waals surface area contributed by atoms with Crippen LogP contribution in [0, 0.1) is 0 Å². The summed E-state index contributed by atoms with van der Waals surface area (Å²) in [4.78, 5) is 12.0. The molecule has 6 nitrogen and oxygen atoms in total. The monoisotopic (exact) mass is 500 g/mol. The lowest BCUT2D eigenvalue weighted by molar-refractivity contribution is -0.162. The zero-order chi connectivity index (χ0) is 25.6. The van der Waals surface area contributed by atoms with Crippen LogP contribution in [0.15, 0.2) is 0 Å². The topological polar surface area (TPSA) is 96.2 Å². The van der Waals surface area contributed by atoms with Crippen LogP contribution >= 0.6 is 0 Å². The van der Waals surface area contributed by atoms with Crippen LogP contribution < -0.4 is 0 Å². The molecule has 35 heavy (non-hydrogen) atoms. The van der Waals surface area contributed by atoms with Gasteiger partial charge in [0.1, 0.15) is 18.3 Å². The van der Waals surface area contributed by atoms with Crippen LogP contribution in [0.5, 0.6) is 0 Å². The summed E-state index contributed by atoms with van der Waals surface area (Å²) in [5.74, 6) is -0.386. The van der Waals surface area contributed by atoms with Crippen molar-refractivity contribution in [1.29, 1.82) is 0 Å². The number of unbranched alkanes of at least 4 members (excludes halogenated alkanes) is 19. The predicted molar refractivity (Wildman–Crippen MR) is 141 cm³/mol. The minimum atomic E-state index is -1.14. The van der Waals surface area contributed by atoms with Crippen LogP contribution in [0.4, 0.5) is 0 Å². The molecule has 0 bridgehead atoms. The Morgan fingerprint density at radius 2 is 1.14 bits per heavy atom. The maximum absolute atomic E-state index is 12.0. The standard InChI is InChI=1S/C29H56O6/c1-2-3-4-5-6-7-8-9-10-11-12-13-14-15-16-17-18-19-20-21-22-27(32)35-26(23-30)29-28(33)25(31)24-34-29/h25-26,28-31,33H,2-24H2,1H3/t25-,26?,28-,29?/m1/s1. The fourth-order valence-electron chi connectivity index (χ4n) is 4.91. The van der Waals surface area contributed by atoms with Gasteiger partial charge in [-0.1, -0.05) is 129 Å². The fraction of sp³-hybridized carbons (Fsp3) is 0.966. The number of aliphatic hydroxyl groups is 3. The molecule has 6 heteroatoms. The third-order valence-electron chi connectivity index (χ3n) is 7.25. The summed E-state index contributed by atoms with van der Waals surface area (Å²) in [5, 5.41) is 28.8. The largest absolute Gasteiger partial charge is 0.457 e. The summed E-state index contributed by atoms with van der Waals surface area (Å²) < 4.78 is 10.5. The molecular formula is C29H56O6. The highest BCUT2D eigenvalue weighted by Crippen LogP contribution is 2.20. The normalized spacial score (nSPS) is 20.9. The molecule has 3 N–H and O–H groups in total. The quantitative estimate of drug-likeness (QED) is 0.107. The van der Waals surface area contributed by atoms with Crippen LogP contribution in [-0.2, 0) is 14.3 Å². The number of hydrogen-bond acceptors (Lipinski definition) is 6. The van der Waals surface area contributed by atoms with Crippen molar-refractivity contribution in [3.05, 3.63) is 0 Å². The molecule has 0 amide bonds. The van der Waals surface area contributed by atoms with E-state index in [0.717, 1.165) is 19.3 Å². The first-order valence-corrected chi connectivity index (χ1v) is 14.9. The first-order valence-electron chi connectivity index (χ1n) is 14.9. The predicted octanol–water partition coefficient (Wildman–Crippen LogP) is 6.22. The van der Waals surface area contributed by atoms with Crippen molar-refractivity contribution in [2.75, 3.05) is 13.2 Å². The second-order valence-corrected chi connectivity index (χ2v) is 10.5. The summed E-state index contributed by atoms with van der Waals surface area (Å²) in [6.07, 6.45) is 22.7. The second kappa shape index (κ2) is 22.5. The van der Waals surface area contributed by atoms with E-state index in [1.54, 1.807) is 0 Å². The Kier molecular flexibility index (Phi) is 20.8. The zero-order valence-corrected chi connectivity index (χ0v) is 22.6. The summed E-state index contributed by atoms with van der Waals surface area (Å²) in [7, 11) is 0. The Labute approximate surface area is 215 Å². The molecule has 0 saturated carbocycles. The van der Waals surface area contributed by atoms with Crippen LogP contribution in [0.3, 0.4) is 0 Å². The summed E-state index contributed by atoms with van der Waals surface area (Å²) in [6, 6.07) is 0. The van der Waals surface area contributed by atoms with Gasteiger partial charge in [0.15, 0.2) is 6.10 Å². The molecule has 1 fully saturated rings. The molecule has 4 atom stereocenters. The van der Waals surface area contributed by atoms with Gasteiger partial charge in [-0.15, -0.1) is 0 Å². The van der Waals surface area contributed by atoms with Crippen LogP contribution in [0.1, 0.15) is 142 Å². The van der Waals surface area contributed by atoms with Gasteiger partial charge in [-0.25, -0.2) is 0 Å². The molecule has 0 radical (unpaired) electrons. The average molecular weight is 501 g/mol. The molecule has 0 aromatic heterocycles. The van der Waals surface area contributed by atoms with E-state index in [2.05, 4.69) is 6.92 Å². The van der Waals surface area contributed by atoms with Gasteiger partial charge in [-0.3, -0.25) is 4.79 Å². The maximum atomic E-state index is 12.0. The Morgan fingerprint density at radius 1 is 0.743 bits per heavy atom. The first kappa shape index (κ1) is 32.3. The van der Waals surface area contributed by atoms with E-state index >= 15 is 0 Å². The van der Waals surface area contributed by atoms with Gasteiger partial charge in [0.05, 0.1) is 13.2 Å². The summed E-state index contributed by atoms with van der Waals surface area (Å²) >= 11 is 0. The Bertz CT molecular complexity index is 486. The highest BCUT2D eigenvalue weighted by Gasteiger charge is 2.41. The molecule has 0 aromatic rings. The van der Waals surface area contributed by atoms with Gasteiger partial charge < -0.3 is 24.8 Å². The minimum Gasteiger partial charge on any atom is -0.457 e. The molecule has 1 saturated heterocycles. The van der Waals surface area contributed by atoms with E-state index in [1.807, 2.05) is 0 Å². The van der Waals surface area contributed by atoms with E-state index in [9.17, 15) is 20.1 Å². The third-order valence-corrected chi connectivity index (χ3v) is 7.25. The smallest absolute Gasteiger partial charge is 0.306 e. The van der Waals surface area contributed by atoms with Crippen molar-refractivity contribution in [2.24, 2.45) is 0 Å². The minimum absolute atomic E-state index is 0.0146. The molecule has 1 rings (SSSR count). The number of hydrogen-bond donors (Lipinski definition) is 3. The van der Waals surface area contributed by atoms with Gasteiger partial charge in [-0.05, 0) is 6.42 Å². The fourth-order valence-corrected chi connectivity index (χ4v) is 4.91. The number of ether oxygens (including phenoxy) is 2. The molecule has 2 unspecified atom stereocenters. The van der Waals surface area contributed by atoms with Crippen molar-refractivity contribution in [3.63, 3.8) is 0 Å². The number of aliphatic hydroxyl groups excluding tert-OH is 3. The van der Waals surface area contributed by atoms with E-state index < -0.39 is 31.0 Å². The molecule has 1 heterocycles. The molecule has 1 aliphatic heterocycles. The average Bonchev–Trinajstić information content (AvgIpc) is 3.19. The maximum Gasteiger partial charge on any atom is 0.306 e. The SMILES string of the molecule is CCCCCCCCCCCCCCCCCCCCCCC(=O)OC(CO)C1OC[C@@H](O)[C@H]1O. The van der Waals surface area contributed by atoms with Gasteiger partial charge in [0.25, 0.3) is 0 Å². The van der Waals surface area contributed by atoms with Crippen LogP contribution in [-0.4, -0.2) is 58.9 Å². The van der Waals surface area contributed by atoms with E-state index in [-0.39, 0.29) is 12.6 Å². The van der Waals surface area contributed by atoms with Crippen LogP contribution in [0.2, 0.25) is 0 Å². The van der Waals surface area contributed by atoms with Crippen molar-refractivity contribution < 1.29 is 29.6 Å². The van der Waals surface area contributed by atoms with Crippen molar-refractivity contribution in [2.45, 2.75) is 166 Å². The summed E-state index contributed by atoms with van der Waals surface area (Å²) in [6.45, 7) is 1.83. The Morgan fingerprint density at radius 3 is 1.49 bits per heavy atom. The number of carbonyl (C=O) groups excluding carboxylic acids is 1. The van der Waals surface area contributed by atoms with Crippen LogP contribution in [0.25, 0.3) is 0 Å². The number of carbonyl (C=O) groups is 1. The van der Waals surface area contributed by atoms with Gasteiger partial charge in [-0.2, -0.15) is 0 Å². The summed E-state index contributed by atoms with van der Waals surface area (Å²) in [5.41, 5.74) is 0. The lowest BCUT2D eigenvalue weighted by Gasteiger charge is -2.24. The molecule has 0 spiro atoms. The van der Waals surface area contributed by atoms with Crippen molar-refractivity contribution in [3.8, 4) is 0 Å². The zero-order valence-electron chi connectivity index (χ0n) is 22.6. The van der Waals surface area contributed by atoms with Gasteiger partial charge in [0.2, 0.25) is 0 Å². The van der Waals surface area contributed by atoms with Crippen molar-refractivity contribution in [1.82, 2.24) is 0 Å². The van der Waals surface area contributed by atoms with E-state index in [1.165, 1.54) is 109 Å². The first-order chi connectivity index (χ1) is 17.1. The van der Waals surface area contributed by atoms with E-state index in [0.29, 0.717) is 6.42 Å². The lowest BCUT2D eigenvalue weighted by atomic mass is 10.0. The Hall–Kier alpha value is -0.690. The molecule has 1 aliphatic rings. The molecule has 208 valence electrons. The highest BCUT2D eigenvalue weighted by atomic mass is 16.6. The Balaban J connectivity index is 1.81. The molecule has 0 aliphatic carbocycles. The lowest BCUT2D eigenvalue weighted by Crippen LogP contribution is -2.43. The van der Waals surface area contributed by atoms with Crippen molar-refractivity contribution >= 4 is 5.97 Å².